The van der Waals surface area contributed by atoms with E-state index >= 15 is 0 Å². The summed E-state index contributed by atoms with van der Waals surface area (Å²) < 4.78 is 1.39. The number of H-pyrrole nitrogens is 1. The van der Waals surface area contributed by atoms with Gasteiger partial charge in [0, 0.05) is 12.7 Å². The van der Waals surface area contributed by atoms with Crippen molar-refractivity contribution in [2.75, 3.05) is 0 Å². The third-order valence-electron chi connectivity index (χ3n) is 1.33. The lowest BCUT2D eigenvalue weighted by molar-refractivity contribution is 0.709. The molecular weight excluding hydrogens is 224 g/mol. The number of rotatable bonds is 2. The van der Waals surface area contributed by atoms with Crippen molar-refractivity contribution in [1.82, 2.24) is 9.55 Å². The van der Waals surface area contributed by atoms with Crippen LogP contribution in [-0.2, 0) is 6.54 Å². The number of aromatic amines is 1. The predicted molar refractivity (Wildman–Crippen MR) is 49.2 cm³/mol. The van der Waals surface area contributed by atoms with E-state index in [-0.39, 0.29) is 12.1 Å². The van der Waals surface area contributed by atoms with Gasteiger partial charge in [-0.3, -0.25) is 9.36 Å². The van der Waals surface area contributed by atoms with Crippen molar-refractivity contribution in [2.45, 2.75) is 6.54 Å². The minimum absolute atomic E-state index is 0.216. The molecule has 0 aliphatic heterocycles. The Hall–Kier alpha value is -1.10. The lowest BCUT2D eigenvalue weighted by Gasteiger charge is -1.98. The molecule has 0 amide bonds. The van der Waals surface area contributed by atoms with Crippen LogP contribution in [0, 0.1) is 0 Å². The van der Waals surface area contributed by atoms with Gasteiger partial charge in [-0.1, -0.05) is 6.08 Å². The van der Waals surface area contributed by atoms with Gasteiger partial charge in [-0.2, -0.15) is 0 Å². The van der Waals surface area contributed by atoms with E-state index in [1.165, 1.54) is 12.3 Å². The Balaban J connectivity index is 3.43. The molecule has 0 atom stereocenters. The van der Waals surface area contributed by atoms with Crippen molar-refractivity contribution in [1.29, 1.82) is 0 Å². The van der Waals surface area contributed by atoms with Crippen molar-refractivity contribution < 1.29 is 0 Å². The van der Waals surface area contributed by atoms with Gasteiger partial charge in [-0.15, -0.1) is 6.58 Å². The predicted octanol–water partition coefficient (Wildman–Crippen LogP) is 0.485. The van der Waals surface area contributed by atoms with Gasteiger partial charge in [-0.25, -0.2) is 4.79 Å². The molecule has 0 unspecified atom stereocenters. The lowest BCUT2D eigenvalue weighted by Crippen LogP contribution is -2.34. The second kappa shape index (κ2) is 3.53. The van der Waals surface area contributed by atoms with Crippen molar-refractivity contribution in [3.63, 3.8) is 0 Å². The highest BCUT2D eigenvalue weighted by molar-refractivity contribution is 9.10. The highest BCUT2D eigenvalue weighted by Gasteiger charge is 2.01. The molecule has 0 aromatic carbocycles. The molecular formula is C7H7BrN2O2. The Morgan fingerprint density at radius 3 is 2.92 bits per heavy atom. The number of nitrogens with one attached hydrogen (secondary N) is 1. The van der Waals surface area contributed by atoms with Crippen LogP contribution in [0.1, 0.15) is 0 Å². The molecule has 64 valence electrons. The number of halogens is 1. The Morgan fingerprint density at radius 1 is 1.67 bits per heavy atom. The van der Waals surface area contributed by atoms with Gasteiger partial charge in [0.1, 0.15) is 0 Å². The van der Waals surface area contributed by atoms with Gasteiger partial charge in [0.2, 0.25) is 0 Å². The highest BCUT2D eigenvalue weighted by Crippen LogP contribution is 1.95. The van der Waals surface area contributed by atoms with Crippen LogP contribution in [0.4, 0.5) is 0 Å². The summed E-state index contributed by atoms with van der Waals surface area (Å²) in [5.74, 6) is 0. The topological polar surface area (TPSA) is 54.9 Å². The highest BCUT2D eigenvalue weighted by atomic mass is 79.9. The maximum absolute atomic E-state index is 11.2. The van der Waals surface area contributed by atoms with E-state index in [9.17, 15) is 9.59 Å². The number of allylic oxidation sites excluding steroid dienone is 1. The van der Waals surface area contributed by atoms with E-state index < -0.39 is 5.69 Å². The SMILES string of the molecule is C=CCn1c(=O)[nH]cc(Br)c1=O. The summed E-state index contributed by atoms with van der Waals surface area (Å²) in [6.07, 6.45) is 2.81. The molecule has 0 spiro atoms. The van der Waals surface area contributed by atoms with Crippen LogP contribution >= 0.6 is 15.9 Å². The van der Waals surface area contributed by atoms with Gasteiger partial charge in [0.05, 0.1) is 4.47 Å². The van der Waals surface area contributed by atoms with Gasteiger partial charge >= 0.3 is 5.69 Å². The summed E-state index contributed by atoms with van der Waals surface area (Å²) in [5, 5.41) is 0. The Bertz CT molecular complexity index is 405. The third kappa shape index (κ3) is 1.55. The van der Waals surface area contributed by atoms with E-state index in [1.807, 2.05) is 0 Å². The molecule has 1 aromatic rings. The second-order valence-corrected chi connectivity index (χ2v) is 3.00. The molecule has 1 rings (SSSR count). The molecule has 12 heavy (non-hydrogen) atoms. The fraction of sp³-hybridized carbons (Fsp3) is 0.143. The summed E-state index contributed by atoms with van der Waals surface area (Å²) in [6.45, 7) is 3.66. The molecule has 0 aliphatic carbocycles. The maximum atomic E-state index is 11.2. The minimum Gasteiger partial charge on any atom is -0.313 e. The van der Waals surface area contributed by atoms with E-state index in [4.69, 9.17) is 0 Å². The summed E-state index contributed by atoms with van der Waals surface area (Å²) in [4.78, 5) is 24.7. The van der Waals surface area contributed by atoms with Crippen molar-refractivity contribution >= 4 is 15.9 Å². The van der Waals surface area contributed by atoms with Crippen LogP contribution in [0.2, 0.25) is 0 Å². The van der Waals surface area contributed by atoms with Gasteiger partial charge < -0.3 is 4.98 Å². The first-order valence-corrected chi connectivity index (χ1v) is 4.05. The summed E-state index contributed by atoms with van der Waals surface area (Å²) in [5.41, 5.74) is -0.776. The van der Waals surface area contributed by atoms with Crippen molar-refractivity contribution in [3.8, 4) is 0 Å². The average molecular weight is 231 g/mol. The molecule has 0 saturated carbocycles. The zero-order chi connectivity index (χ0) is 9.14. The smallest absolute Gasteiger partial charge is 0.313 e. The van der Waals surface area contributed by atoms with Crippen LogP contribution in [0.25, 0.3) is 0 Å². The van der Waals surface area contributed by atoms with Crippen LogP contribution in [0.3, 0.4) is 0 Å². The Labute approximate surface area is 76.7 Å². The Kier molecular flexibility index (Phi) is 2.65. The number of hydrogen-bond acceptors (Lipinski definition) is 2. The largest absolute Gasteiger partial charge is 0.328 e. The Morgan fingerprint density at radius 2 is 2.33 bits per heavy atom. The number of hydrogen-bond donors (Lipinski definition) is 1. The van der Waals surface area contributed by atoms with Crippen molar-refractivity contribution in [3.05, 3.63) is 44.2 Å². The molecule has 1 N–H and O–H groups in total. The van der Waals surface area contributed by atoms with Crippen LogP contribution < -0.4 is 11.2 Å². The third-order valence-corrected chi connectivity index (χ3v) is 1.90. The monoisotopic (exact) mass is 230 g/mol. The molecule has 0 fully saturated rings. The lowest BCUT2D eigenvalue weighted by atomic mass is 10.5. The average Bonchev–Trinajstić information content (AvgIpc) is 2.06. The van der Waals surface area contributed by atoms with Crippen LogP contribution in [0.5, 0.6) is 0 Å². The van der Waals surface area contributed by atoms with Gasteiger partial charge in [0.25, 0.3) is 5.56 Å². The fourth-order valence-corrected chi connectivity index (χ4v) is 1.11. The van der Waals surface area contributed by atoms with Gasteiger partial charge in [0.15, 0.2) is 0 Å². The normalized spacial score (nSPS) is 9.75. The molecule has 4 nitrogen and oxygen atoms in total. The van der Waals surface area contributed by atoms with Gasteiger partial charge in [-0.05, 0) is 15.9 Å². The van der Waals surface area contributed by atoms with E-state index in [0.29, 0.717) is 4.47 Å². The molecule has 0 aliphatic rings. The van der Waals surface area contributed by atoms with E-state index in [2.05, 4.69) is 27.5 Å². The first-order chi connectivity index (χ1) is 5.66. The maximum Gasteiger partial charge on any atom is 0.328 e. The standard InChI is InChI=1S/C7H7BrN2O2/c1-2-3-10-6(11)5(8)4-9-7(10)12/h2,4H,1,3H2,(H,9,12). The van der Waals surface area contributed by atoms with Crippen LogP contribution in [-0.4, -0.2) is 9.55 Å². The fourth-order valence-electron chi connectivity index (χ4n) is 0.781. The summed E-state index contributed by atoms with van der Waals surface area (Å²) in [6, 6.07) is 0. The first-order valence-electron chi connectivity index (χ1n) is 3.25. The summed E-state index contributed by atoms with van der Waals surface area (Å²) in [7, 11) is 0. The van der Waals surface area contributed by atoms with E-state index in [0.717, 1.165) is 4.57 Å². The molecule has 1 heterocycles. The molecule has 0 bridgehead atoms. The quantitative estimate of drug-likeness (QED) is 0.753. The number of nitrogens with zero attached hydrogens (tertiary/aromatic N) is 1. The minimum atomic E-state index is -0.428. The zero-order valence-electron chi connectivity index (χ0n) is 6.21. The van der Waals surface area contributed by atoms with Crippen molar-refractivity contribution in [2.24, 2.45) is 0 Å². The van der Waals surface area contributed by atoms with Crippen LogP contribution in [0.15, 0.2) is 32.9 Å². The molecule has 5 heteroatoms. The van der Waals surface area contributed by atoms with E-state index in [1.54, 1.807) is 0 Å². The summed E-state index contributed by atoms with van der Waals surface area (Å²) >= 11 is 3.01. The zero-order valence-corrected chi connectivity index (χ0v) is 7.80. The second-order valence-electron chi connectivity index (χ2n) is 2.15. The molecule has 0 radical (unpaired) electrons. The molecule has 0 saturated heterocycles. The number of aromatic nitrogens is 2. The first kappa shape index (κ1) is 8.99. The molecule has 1 aromatic heterocycles.